The van der Waals surface area contributed by atoms with Gasteiger partial charge in [-0.15, -0.1) is 0 Å². The number of aryl methyl sites for hydroxylation is 1. The molecule has 0 unspecified atom stereocenters. The summed E-state index contributed by atoms with van der Waals surface area (Å²) in [5.41, 5.74) is 1.67. The van der Waals surface area contributed by atoms with Gasteiger partial charge in [0.25, 0.3) is 5.91 Å². The van der Waals surface area contributed by atoms with Crippen molar-refractivity contribution in [1.29, 1.82) is 5.26 Å². The average Bonchev–Trinajstić information content (AvgIpc) is 2.17. The first-order valence-corrected chi connectivity index (χ1v) is 4.34. The summed E-state index contributed by atoms with van der Waals surface area (Å²) in [4.78, 5) is 13.1. The van der Waals surface area contributed by atoms with E-state index in [0.717, 1.165) is 5.56 Å². The first kappa shape index (κ1) is 10.3. The van der Waals surface area contributed by atoms with Crippen LogP contribution in [0.5, 0.6) is 0 Å². The summed E-state index contributed by atoms with van der Waals surface area (Å²) in [5.74, 6) is -0.116. The first-order chi connectivity index (χ1) is 6.65. The number of carbonyl (C=O) groups excluding carboxylic acids is 1. The maximum atomic E-state index is 11.7. The van der Waals surface area contributed by atoms with Gasteiger partial charge in [0, 0.05) is 12.6 Å². The van der Waals surface area contributed by atoms with Gasteiger partial charge in [-0.1, -0.05) is 17.7 Å². The Labute approximate surface area is 83.6 Å². The molecule has 72 valence electrons. The van der Waals surface area contributed by atoms with Gasteiger partial charge in [0.1, 0.15) is 6.54 Å². The maximum absolute atomic E-state index is 11.7. The lowest BCUT2D eigenvalue weighted by atomic mass is 10.1. The van der Waals surface area contributed by atoms with E-state index in [1.54, 1.807) is 13.1 Å². The predicted octanol–water partition coefficient (Wildman–Crippen LogP) is 1.59. The molecule has 0 aliphatic heterocycles. The fourth-order valence-electron chi connectivity index (χ4n) is 1.18. The van der Waals surface area contributed by atoms with Crippen molar-refractivity contribution in [2.24, 2.45) is 0 Å². The van der Waals surface area contributed by atoms with E-state index in [2.05, 4.69) is 0 Å². The smallest absolute Gasteiger partial charge is 0.254 e. The number of benzene rings is 1. The third kappa shape index (κ3) is 2.33. The van der Waals surface area contributed by atoms with Crippen molar-refractivity contribution in [1.82, 2.24) is 4.90 Å². The summed E-state index contributed by atoms with van der Waals surface area (Å²) in [6, 6.07) is 9.27. The molecule has 0 radical (unpaired) electrons. The standard InChI is InChI=1S/C11H12N2O/c1-9-4-3-5-10(8-9)11(14)13(2)7-6-12/h3-5,8H,7H2,1-2H3. The Morgan fingerprint density at radius 1 is 1.57 bits per heavy atom. The number of hydrogen-bond acceptors (Lipinski definition) is 2. The van der Waals surface area contributed by atoms with E-state index >= 15 is 0 Å². The molecule has 0 aliphatic rings. The van der Waals surface area contributed by atoms with Crippen molar-refractivity contribution in [2.45, 2.75) is 6.92 Å². The Hall–Kier alpha value is -1.82. The van der Waals surface area contributed by atoms with Crippen LogP contribution in [0, 0.1) is 18.3 Å². The summed E-state index contributed by atoms with van der Waals surface area (Å²) >= 11 is 0. The van der Waals surface area contributed by atoms with Crippen LogP contribution in [0.15, 0.2) is 24.3 Å². The van der Waals surface area contributed by atoms with Gasteiger partial charge < -0.3 is 4.90 Å². The Morgan fingerprint density at radius 3 is 2.86 bits per heavy atom. The molecular weight excluding hydrogens is 176 g/mol. The number of hydrogen-bond donors (Lipinski definition) is 0. The van der Waals surface area contributed by atoms with Crippen molar-refractivity contribution >= 4 is 5.91 Å². The fraction of sp³-hybridized carbons (Fsp3) is 0.273. The van der Waals surface area contributed by atoms with E-state index in [1.165, 1.54) is 4.90 Å². The molecule has 0 aliphatic carbocycles. The minimum Gasteiger partial charge on any atom is -0.328 e. The lowest BCUT2D eigenvalue weighted by molar-refractivity contribution is 0.0812. The monoisotopic (exact) mass is 188 g/mol. The number of nitrogens with zero attached hydrogens (tertiary/aromatic N) is 2. The maximum Gasteiger partial charge on any atom is 0.254 e. The minimum absolute atomic E-state index is 0.116. The Balaban J connectivity index is 2.85. The molecule has 1 aromatic carbocycles. The Morgan fingerprint density at radius 2 is 2.29 bits per heavy atom. The van der Waals surface area contributed by atoms with Crippen molar-refractivity contribution < 1.29 is 4.79 Å². The van der Waals surface area contributed by atoms with Crippen LogP contribution in [0.4, 0.5) is 0 Å². The van der Waals surface area contributed by atoms with Crippen molar-refractivity contribution in [3.63, 3.8) is 0 Å². The van der Waals surface area contributed by atoms with E-state index in [0.29, 0.717) is 5.56 Å². The number of nitriles is 1. The molecule has 0 N–H and O–H groups in total. The molecule has 1 rings (SSSR count). The number of amides is 1. The topological polar surface area (TPSA) is 44.1 Å². The molecule has 0 aromatic heterocycles. The zero-order valence-electron chi connectivity index (χ0n) is 8.32. The highest BCUT2D eigenvalue weighted by molar-refractivity contribution is 5.94. The molecule has 0 saturated carbocycles. The van der Waals surface area contributed by atoms with Gasteiger partial charge in [-0.3, -0.25) is 4.79 Å². The summed E-state index contributed by atoms with van der Waals surface area (Å²) in [5, 5.41) is 8.44. The fourth-order valence-corrected chi connectivity index (χ4v) is 1.18. The zero-order chi connectivity index (χ0) is 10.6. The van der Waals surface area contributed by atoms with Crippen LogP contribution in [0.25, 0.3) is 0 Å². The molecule has 3 heteroatoms. The van der Waals surface area contributed by atoms with Gasteiger partial charge in [0.2, 0.25) is 0 Å². The van der Waals surface area contributed by atoms with Gasteiger partial charge in [-0.05, 0) is 19.1 Å². The normalized spacial score (nSPS) is 9.21. The SMILES string of the molecule is Cc1cccc(C(=O)N(C)CC#N)c1. The van der Waals surface area contributed by atoms with Crippen LogP contribution in [-0.2, 0) is 0 Å². The van der Waals surface area contributed by atoms with Crippen LogP contribution in [0.1, 0.15) is 15.9 Å². The van der Waals surface area contributed by atoms with Gasteiger partial charge in [-0.25, -0.2) is 0 Å². The van der Waals surface area contributed by atoms with Crippen LogP contribution >= 0.6 is 0 Å². The van der Waals surface area contributed by atoms with E-state index in [4.69, 9.17) is 5.26 Å². The predicted molar refractivity (Wildman–Crippen MR) is 53.8 cm³/mol. The summed E-state index contributed by atoms with van der Waals surface area (Å²) in [7, 11) is 1.62. The quantitative estimate of drug-likeness (QED) is 0.661. The van der Waals surface area contributed by atoms with Crippen molar-refractivity contribution in [3.8, 4) is 6.07 Å². The molecule has 0 spiro atoms. The Kier molecular flexibility index (Phi) is 3.24. The molecule has 0 bridgehead atoms. The summed E-state index contributed by atoms with van der Waals surface area (Å²) in [6.45, 7) is 2.05. The Bertz CT molecular complexity index is 379. The second kappa shape index (κ2) is 4.43. The average molecular weight is 188 g/mol. The zero-order valence-corrected chi connectivity index (χ0v) is 8.32. The van der Waals surface area contributed by atoms with Crippen LogP contribution < -0.4 is 0 Å². The van der Waals surface area contributed by atoms with Crippen LogP contribution in [-0.4, -0.2) is 24.4 Å². The largest absolute Gasteiger partial charge is 0.328 e. The summed E-state index contributed by atoms with van der Waals surface area (Å²) in [6.07, 6.45) is 0. The third-order valence-corrected chi connectivity index (χ3v) is 1.92. The van der Waals surface area contributed by atoms with Crippen molar-refractivity contribution in [2.75, 3.05) is 13.6 Å². The first-order valence-electron chi connectivity index (χ1n) is 4.34. The van der Waals surface area contributed by atoms with Gasteiger partial charge in [0.05, 0.1) is 6.07 Å². The third-order valence-electron chi connectivity index (χ3n) is 1.92. The molecule has 0 saturated heterocycles. The second-order valence-corrected chi connectivity index (χ2v) is 3.19. The van der Waals surface area contributed by atoms with Crippen LogP contribution in [0.3, 0.4) is 0 Å². The molecule has 1 amide bonds. The molecule has 3 nitrogen and oxygen atoms in total. The van der Waals surface area contributed by atoms with E-state index < -0.39 is 0 Å². The second-order valence-electron chi connectivity index (χ2n) is 3.19. The van der Waals surface area contributed by atoms with E-state index in [-0.39, 0.29) is 12.5 Å². The lowest BCUT2D eigenvalue weighted by Crippen LogP contribution is -2.26. The molecule has 0 atom stereocenters. The molecule has 14 heavy (non-hydrogen) atoms. The molecule has 1 aromatic rings. The highest BCUT2D eigenvalue weighted by Gasteiger charge is 2.10. The minimum atomic E-state index is -0.116. The molecule has 0 heterocycles. The molecular formula is C11H12N2O. The van der Waals surface area contributed by atoms with E-state index in [1.807, 2.05) is 31.2 Å². The molecule has 0 fully saturated rings. The lowest BCUT2D eigenvalue weighted by Gasteiger charge is -2.12. The van der Waals surface area contributed by atoms with Crippen molar-refractivity contribution in [3.05, 3.63) is 35.4 Å². The van der Waals surface area contributed by atoms with Crippen LogP contribution in [0.2, 0.25) is 0 Å². The van der Waals surface area contributed by atoms with Gasteiger partial charge >= 0.3 is 0 Å². The highest BCUT2D eigenvalue weighted by Crippen LogP contribution is 2.06. The van der Waals surface area contributed by atoms with E-state index in [9.17, 15) is 4.79 Å². The van der Waals surface area contributed by atoms with Gasteiger partial charge in [0.15, 0.2) is 0 Å². The highest BCUT2D eigenvalue weighted by atomic mass is 16.2. The number of carbonyl (C=O) groups is 1. The van der Waals surface area contributed by atoms with Gasteiger partial charge in [-0.2, -0.15) is 5.26 Å². The summed E-state index contributed by atoms with van der Waals surface area (Å²) < 4.78 is 0. The number of rotatable bonds is 2.